The van der Waals surface area contributed by atoms with Crippen LogP contribution in [-0.4, -0.2) is 5.78 Å². The fraction of sp³-hybridized carbons (Fsp3) is 0.173. The van der Waals surface area contributed by atoms with E-state index < -0.39 is 5.41 Å². The molecule has 0 fully saturated rings. The molecule has 2 aliphatic rings. The van der Waals surface area contributed by atoms with Gasteiger partial charge in [-0.2, -0.15) is 0 Å². The molecule has 0 N–H and O–H groups in total. The zero-order valence-corrected chi connectivity index (χ0v) is 31.9. The van der Waals surface area contributed by atoms with E-state index in [2.05, 4.69) is 186 Å². The van der Waals surface area contributed by atoms with Crippen LogP contribution in [0.4, 0.5) is 17.1 Å². The quantitative estimate of drug-likeness (QED) is 0.183. The minimum atomic E-state index is -0.746. The number of anilines is 3. The molecule has 7 aromatic rings. The van der Waals surface area contributed by atoms with Crippen molar-refractivity contribution in [2.45, 2.75) is 57.8 Å². The number of hydrogen-bond donors (Lipinski definition) is 0. The van der Waals surface area contributed by atoms with E-state index in [-0.39, 0.29) is 16.6 Å². The van der Waals surface area contributed by atoms with E-state index in [4.69, 9.17) is 0 Å². The molecular formula is C52H45NO. The predicted octanol–water partition coefficient (Wildman–Crippen LogP) is 13.3. The van der Waals surface area contributed by atoms with E-state index in [9.17, 15) is 4.79 Å². The van der Waals surface area contributed by atoms with Crippen molar-refractivity contribution in [2.75, 3.05) is 4.90 Å². The standard InChI is InChI=1S/C52H45NO/c1-50(2,3)38-25-27-47-45(32-38)52(43-23-15-13-21-41(43)49(54)42-22-14-16-24-44(42)52)46-33-39(51(4,5)6)26-28-48(46)53(47)40-30-36(34-17-9-7-10-18-34)29-37(31-40)35-19-11-8-12-20-35/h7-33H,1-6H3. The molecule has 7 aromatic carbocycles. The van der Waals surface area contributed by atoms with Crippen LogP contribution in [0.5, 0.6) is 0 Å². The van der Waals surface area contributed by atoms with E-state index in [1.165, 1.54) is 33.4 Å². The first-order chi connectivity index (χ1) is 26.0. The molecule has 0 saturated heterocycles. The molecule has 264 valence electrons. The van der Waals surface area contributed by atoms with Crippen LogP contribution in [0, 0.1) is 0 Å². The Labute approximate surface area is 319 Å². The van der Waals surface area contributed by atoms with Crippen molar-refractivity contribution in [1.29, 1.82) is 0 Å². The monoisotopic (exact) mass is 699 g/mol. The van der Waals surface area contributed by atoms with E-state index in [0.717, 1.165) is 50.4 Å². The molecule has 54 heavy (non-hydrogen) atoms. The molecule has 9 rings (SSSR count). The normalized spacial score (nSPS) is 14.3. The Bertz CT molecular complexity index is 2410. The fourth-order valence-electron chi connectivity index (χ4n) is 8.77. The molecule has 0 bridgehead atoms. The third kappa shape index (κ3) is 5.19. The van der Waals surface area contributed by atoms with Crippen molar-refractivity contribution in [1.82, 2.24) is 0 Å². The Morgan fingerprint density at radius 3 is 1.24 bits per heavy atom. The van der Waals surface area contributed by atoms with Gasteiger partial charge in [0.2, 0.25) is 0 Å². The summed E-state index contributed by atoms with van der Waals surface area (Å²) in [5.41, 5.74) is 15.5. The van der Waals surface area contributed by atoms with Gasteiger partial charge in [0, 0.05) is 16.8 Å². The number of benzene rings is 7. The lowest BCUT2D eigenvalue weighted by Crippen LogP contribution is -2.43. The first-order valence-corrected chi connectivity index (χ1v) is 19.1. The summed E-state index contributed by atoms with van der Waals surface area (Å²) >= 11 is 0. The Kier molecular flexibility index (Phi) is 7.69. The number of nitrogens with zero attached hydrogens (tertiary/aromatic N) is 1. The maximum absolute atomic E-state index is 14.4. The summed E-state index contributed by atoms with van der Waals surface area (Å²) in [7, 11) is 0. The zero-order chi connectivity index (χ0) is 37.4. The van der Waals surface area contributed by atoms with Gasteiger partial charge < -0.3 is 4.90 Å². The summed E-state index contributed by atoms with van der Waals surface area (Å²) in [6, 6.07) is 59.2. The third-order valence-electron chi connectivity index (χ3n) is 11.6. The lowest BCUT2D eigenvalue weighted by atomic mass is 9.56. The van der Waals surface area contributed by atoms with Gasteiger partial charge in [0.25, 0.3) is 0 Å². The average molecular weight is 700 g/mol. The average Bonchev–Trinajstić information content (AvgIpc) is 3.19. The highest BCUT2D eigenvalue weighted by molar-refractivity contribution is 6.15. The molecule has 2 nitrogen and oxygen atoms in total. The summed E-state index contributed by atoms with van der Waals surface area (Å²) in [5, 5.41) is 0. The smallest absolute Gasteiger partial charge is 0.193 e. The number of carbonyl (C=O) groups is 1. The fourth-order valence-corrected chi connectivity index (χ4v) is 8.77. The van der Waals surface area contributed by atoms with Crippen LogP contribution in [0.3, 0.4) is 0 Å². The number of fused-ring (bicyclic) bond motifs is 8. The molecule has 0 amide bonds. The van der Waals surface area contributed by atoms with Gasteiger partial charge in [0.15, 0.2) is 5.78 Å². The van der Waals surface area contributed by atoms with Crippen LogP contribution in [0.15, 0.2) is 164 Å². The van der Waals surface area contributed by atoms with Gasteiger partial charge in [0.1, 0.15) is 0 Å². The Morgan fingerprint density at radius 1 is 0.407 bits per heavy atom. The molecular weight excluding hydrogens is 655 g/mol. The molecule has 1 heterocycles. The third-order valence-corrected chi connectivity index (χ3v) is 11.6. The van der Waals surface area contributed by atoms with E-state index >= 15 is 0 Å². The van der Waals surface area contributed by atoms with E-state index in [1.807, 2.05) is 24.3 Å². The van der Waals surface area contributed by atoms with Crippen LogP contribution >= 0.6 is 0 Å². The van der Waals surface area contributed by atoms with Gasteiger partial charge in [-0.1, -0.05) is 175 Å². The Hall–Kier alpha value is -5.99. The maximum atomic E-state index is 14.4. The summed E-state index contributed by atoms with van der Waals surface area (Å²) in [4.78, 5) is 16.9. The Balaban J connectivity index is 1.45. The molecule has 2 heteroatoms. The van der Waals surface area contributed by atoms with Crippen molar-refractivity contribution >= 4 is 22.8 Å². The van der Waals surface area contributed by atoms with Gasteiger partial charge in [0.05, 0.1) is 16.8 Å². The second kappa shape index (κ2) is 12.3. The topological polar surface area (TPSA) is 20.3 Å². The Morgan fingerprint density at radius 2 is 0.815 bits per heavy atom. The molecule has 1 aliphatic heterocycles. The van der Waals surface area contributed by atoms with Gasteiger partial charge in [-0.3, -0.25) is 4.79 Å². The minimum Gasteiger partial charge on any atom is -0.310 e. The molecule has 0 radical (unpaired) electrons. The van der Waals surface area contributed by atoms with Crippen LogP contribution in [0.25, 0.3) is 22.3 Å². The molecule has 0 aromatic heterocycles. The summed E-state index contributed by atoms with van der Waals surface area (Å²) < 4.78 is 0. The van der Waals surface area contributed by atoms with E-state index in [1.54, 1.807) is 0 Å². The lowest BCUT2D eigenvalue weighted by molar-refractivity contribution is 0.103. The number of hydrogen-bond acceptors (Lipinski definition) is 2. The van der Waals surface area contributed by atoms with E-state index in [0.29, 0.717) is 0 Å². The van der Waals surface area contributed by atoms with Crippen LogP contribution in [-0.2, 0) is 16.2 Å². The maximum Gasteiger partial charge on any atom is 0.193 e. The van der Waals surface area contributed by atoms with Crippen molar-refractivity contribution in [3.05, 3.63) is 208 Å². The van der Waals surface area contributed by atoms with Crippen molar-refractivity contribution in [3.63, 3.8) is 0 Å². The van der Waals surface area contributed by atoms with Gasteiger partial charge in [-0.15, -0.1) is 0 Å². The zero-order valence-electron chi connectivity index (χ0n) is 31.9. The molecule has 1 aliphatic carbocycles. The van der Waals surface area contributed by atoms with Crippen molar-refractivity contribution in [3.8, 4) is 22.3 Å². The highest BCUT2D eigenvalue weighted by atomic mass is 16.1. The predicted molar refractivity (Wildman–Crippen MR) is 225 cm³/mol. The molecule has 0 atom stereocenters. The SMILES string of the molecule is CC(C)(C)c1ccc2c(c1)C1(c3ccccc3C(=O)c3ccccc31)c1cc(C(C)(C)C)ccc1N2c1cc(-c2ccccc2)cc(-c2ccccc2)c1. The van der Waals surface area contributed by atoms with Crippen molar-refractivity contribution < 1.29 is 4.79 Å². The van der Waals surface area contributed by atoms with Gasteiger partial charge in [-0.05, 0) is 96.8 Å². The summed E-state index contributed by atoms with van der Waals surface area (Å²) in [6.45, 7) is 13.7. The van der Waals surface area contributed by atoms with Crippen LogP contribution in [0.2, 0.25) is 0 Å². The second-order valence-electron chi connectivity index (χ2n) is 17.0. The van der Waals surface area contributed by atoms with Gasteiger partial charge in [-0.25, -0.2) is 0 Å². The summed E-state index contributed by atoms with van der Waals surface area (Å²) in [5.74, 6) is 0.0828. The van der Waals surface area contributed by atoms with Gasteiger partial charge >= 0.3 is 0 Å². The number of carbonyl (C=O) groups excluding carboxylic acids is 1. The van der Waals surface area contributed by atoms with Crippen LogP contribution in [0.1, 0.15) is 90.8 Å². The largest absolute Gasteiger partial charge is 0.310 e. The molecule has 0 unspecified atom stereocenters. The highest BCUT2D eigenvalue weighted by Gasteiger charge is 2.52. The van der Waals surface area contributed by atoms with Crippen LogP contribution < -0.4 is 4.90 Å². The lowest BCUT2D eigenvalue weighted by Gasteiger charge is -2.49. The molecule has 1 spiro atoms. The first-order valence-electron chi connectivity index (χ1n) is 19.1. The van der Waals surface area contributed by atoms with Crippen molar-refractivity contribution in [2.24, 2.45) is 0 Å². The minimum absolute atomic E-state index is 0.0828. The highest BCUT2D eigenvalue weighted by Crippen LogP contribution is 2.61. The second-order valence-corrected chi connectivity index (χ2v) is 17.0. The number of rotatable bonds is 3. The molecule has 0 saturated carbocycles. The summed E-state index contributed by atoms with van der Waals surface area (Å²) in [6.07, 6.45) is 0. The first kappa shape index (κ1) is 33.8. The number of ketones is 1.